The van der Waals surface area contributed by atoms with Crippen LogP contribution in [-0.4, -0.2) is 37.8 Å². The molecule has 1 saturated carbocycles. The first-order chi connectivity index (χ1) is 9.84. The summed E-state index contributed by atoms with van der Waals surface area (Å²) in [6, 6.07) is 0. The van der Waals surface area contributed by atoms with E-state index in [1.165, 1.54) is 7.11 Å². The molecule has 120 valence electrons. The maximum Gasteiger partial charge on any atom is 0.329 e. The van der Waals surface area contributed by atoms with Crippen molar-refractivity contribution in [2.75, 3.05) is 20.3 Å². The Bertz CT molecular complexity index is 389. The lowest BCUT2D eigenvalue weighted by atomic mass is 9.72. The van der Waals surface area contributed by atoms with Gasteiger partial charge in [0, 0.05) is 19.4 Å². The summed E-state index contributed by atoms with van der Waals surface area (Å²) in [6.07, 6.45) is 3.93. The standard InChI is InChI=1S/C15H27N3O3/c1-15(2,3)11-5-7-12(8-6-11)17-18-14(20)13(19)16-9-10-21-4/h11H,5-10H2,1-4H3,(H,16,19)(H,18,20). The van der Waals surface area contributed by atoms with Crippen molar-refractivity contribution >= 4 is 17.5 Å². The van der Waals surface area contributed by atoms with Crippen LogP contribution in [0.3, 0.4) is 0 Å². The summed E-state index contributed by atoms with van der Waals surface area (Å²) in [4.78, 5) is 23.0. The summed E-state index contributed by atoms with van der Waals surface area (Å²) >= 11 is 0. The van der Waals surface area contributed by atoms with Crippen LogP contribution in [0.2, 0.25) is 0 Å². The smallest absolute Gasteiger partial charge is 0.329 e. The molecule has 0 bridgehead atoms. The van der Waals surface area contributed by atoms with Crippen LogP contribution in [0, 0.1) is 11.3 Å². The third-order valence-corrected chi connectivity index (χ3v) is 3.90. The zero-order chi connectivity index (χ0) is 15.9. The van der Waals surface area contributed by atoms with E-state index in [9.17, 15) is 9.59 Å². The normalized spacial score (nSPS) is 19.0. The number of hydrazone groups is 1. The van der Waals surface area contributed by atoms with Crippen LogP contribution >= 0.6 is 0 Å². The van der Waals surface area contributed by atoms with E-state index in [4.69, 9.17) is 4.74 Å². The van der Waals surface area contributed by atoms with Gasteiger partial charge >= 0.3 is 11.8 Å². The van der Waals surface area contributed by atoms with Crippen LogP contribution < -0.4 is 10.7 Å². The second-order valence-corrected chi connectivity index (χ2v) is 6.51. The summed E-state index contributed by atoms with van der Waals surface area (Å²) in [6.45, 7) is 7.46. The number of hydrogen-bond donors (Lipinski definition) is 2. The second kappa shape index (κ2) is 8.12. The maximum atomic E-state index is 11.5. The van der Waals surface area contributed by atoms with Gasteiger partial charge in [-0.1, -0.05) is 20.8 Å². The number of rotatable bonds is 4. The van der Waals surface area contributed by atoms with E-state index in [0.29, 0.717) is 24.5 Å². The molecule has 1 fully saturated rings. The van der Waals surface area contributed by atoms with Gasteiger partial charge in [0.25, 0.3) is 0 Å². The molecule has 0 radical (unpaired) electrons. The van der Waals surface area contributed by atoms with Crippen LogP contribution in [0.1, 0.15) is 46.5 Å². The van der Waals surface area contributed by atoms with Crippen molar-refractivity contribution in [3.05, 3.63) is 0 Å². The molecule has 6 heteroatoms. The summed E-state index contributed by atoms with van der Waals surface area (Å²) < 4.78 is 4.79. The fourth-order valence-electron chi connectivity index (χ4n) is 2.46. The minimum atomic E-state index is -0.725. The Kier molecular flexibility index (Phi) is 6.81. The average Bonchev–Trinajstić information content (AvgIpc) is 2.44. The number of methoxy groups -OCH3 is 1. The van der Waals surface area contributed by atoms with Crippen LogP contribution in [0.5, 0.6) is 0 Å². The predicted molar refractivity (Wildman–Crippen MR) is 81.9 cm³/mol. The minimum Gasteiger partial charge on any atom is -0.383 e. The zero-order valence-electron chi connectivity index (χ0n) is 13.5. The van der Waals surface area contributed by atoms with Gasteiger partial charge in [-0.3, -0.25) is 9.59 Å². The van der Waals surface area contributed by atoms with Crippen molar-refractivity contribution in [2.24, 2.45) is 16.4 Å². The molecule has 0 unspecified atom stereocenters. The second-order valence-electron chi connectivity index (χ2n) is 6.51. The highest BCUT2D eigenvalue weighted by atomic mass is 16.5. The van der Waals surface area contributed by atoms with E-state index in [2.05, 4.69) is 36.6 Å². The Balaban J connectivity index is 2.34. The molecular weight excluding hydrogens is 270 g/mol. The molecule has 2 N–H and O–H groups in total. The minimum absolute atomic E-state index is 0.312. The first-order valence-corrected chi connectivity index (χ1v) is 7.47. The molecule has 0 saturated heterocycles. The molecule has 0 aromatic carbocycles. The summed E-state index contributed by atoms with van der Waals surface area (Å²) in [5.41, 5.74) is 3.61. The van der Waals surface area contributed by atoms with Crippen LogP contribution in [-0.2, 0) is 14.3 Å². The van der Waals surface area contributed by atoms with Gasteiger partial charge in [-0.05, 0) is 37.0 Å². The molecular formula is C15H27N3O3. The first-order valence-electron chi connectivity index (χ1n) is 7.47. The predicted octanol–water partition coefficient (Wildman–Crippen LogP) is 1.46. The van der Waals surface area contributed by atoms with E-state index in [1.807, 2.05) is 0 Å². The van der Waals surface area contributed by atoms with Gasteiger partial charge in [0.2, 0.25) is 0 Å². The molecule has 0 aromatic rings. The summed E-state index contributed by atoms with van der Waals surface area (Å²) in [5.74, 6) is -0.721. The number of amides is 2. The van der Waals surface area contributed by atoms with Gasteiger partial charge in [0.05, 0.1) is 6.61 Å². The maximum absolute atomic E-state index is 11.5. The van der Waals surface area contributed by atoms with E-state index in [1.54, 1.807) is 0 Å². The van der Waals surface area contributed by atoms with Gasteiger partial charge in [0.1, 0.15) is 0 Å². The molecule has 2 amide bonds. The third kappa shape index (κ3) is 6.25. The highest BCUT2D eigenvalue weighted by molar-refractivity contribution is 6.35. The lowest BCUT2D eigenvalue weighted by Gasteiger charge is -2.34. The van der Waals surface area contributed by atoms with Crippen molar-refractivity contribution in [2.45, 2.75) is 46.5 Å². The number of nitrogens with one attached hydrogen (secondary N) is 2. The van der Waals surface area contributed by atoms with E-state index in [0.717, 1.165) is 31.4 Å². The molecule has 1 rings (SSSR count). The number of hydrogen-bond acceptors (Lipinski definition) is 4. The molecule has 0 aliphatic heterocycles. The average molecular weight is 297 g/mol. The highest BCUT2D eigenvalue weighted by Crippen LogP contribution is 2.36. The van der Waals surface area contributed by atoms with E-state index < -0.39 is 11.8 Å². The zero-order valence-corrected chi connectivity index (χ0v) is 13.5. The van der Waals surface area contributed by atoms with Crippen molar-refractivity contribution in [1.29, 1.82) is 0 Å². The Labute approximate surface area is 126 Å². The summed E-state index contributed by atoms with van der Waals surface area (Å²) in [7, 11) is 1.53. The SMILES string of the molecule is COCCNC(=O)C(=O)NN=C1CCC(C(C)(C)C)CC1. The number of carbonyl (C=O) groups excluding carboxylic acids is 2. The van der Waals surface area contributed by atoms with Gasteiger partial charge in [-0.25, -0.2) is 5.43 Å². The molecule has 0 aromatic heterocycles. The molecule has 0 spiro atoms. The van der Waals surface area contributed by atoms with Gasteiger partial charge in [-0.2, -0.15) is 5.10 Å². The molecule has 21 heavy (non-hydrogen) atoms. The Morgan fingerprint density at radius 1 is 1.24 bits per heavy atom. The monoisotopic (exact) mass is 297 g/mol. The fourth-order valence-corrected chi connectivity index (χ4v) is 2.46. The number of nitrogens with zero attached hydrogens (tertiary/aromatic N) is 1. The largest absolute Gasteiger partial charge is 0.383 e. The third-order valence-electron chi connectivity index (χ3n) is 3.90. The van der Waals surface area contributed by atoms with Gasteiger partial charge in [-0.15, -0.1) is 0 Å². The van der Waals surface area contributed by atoms with Gasteiger partial charge < -0.3 is 10.1 Å². The molecule has 0 heterocycles. The molecule has 1 aliphatic carbocycles. The van der Waals surface area contributed by atoms with Crippen molar-refractivity contribution in [3.63, 3.8) is 0 Å². The Morgan fingerprint density at radius 2 is 1.86 bits per heavy atom. The Morgan fingerprint density at radius 3 is 2.38 bits per heavy atom. The van der Waals surface area contributed by atoms with Crippen LogP contribution in [0.4, 0.5) is 0 Å². The van der Waals surface area contributed by atoms with E-state index in [-0.39, 0.29) is 0 Å². The first kappa shape index (κ1) is 17.6. The molecule has 1 aliphatic rings. The lowest BCUT2D eigenvalue weighted by Crippen LogP contribution is -2.39. The van der Waals surface area contributed by atoms with E-state index >= 15 is 0 Å². The van der Waals surface area contributed by atoms with Crippen LogP contribution in [0.25, 0.3) is 0 Å². The highest BCUT2D eigenvalue weighted by Gasteiger charge is 2.28. The van der Waals surface area contributed by atoms with Crippen molar-refractivity contribution < 1.29 is 14.3 Å². The quantitative estimate of drug-likeness (QED) is 0.468. The fraction of sp³-hybridized carbons (Fsp3) is 0.800. The summed E-state index contributed by atoms with van der Waals surface area (Å²) in [5, 5.41) is 6.53. The Hall–Kier alpha value is -1.43. The van der Waals surface area contributed by atoms with Crippen molar-refractivity contribution in [1.82, 2.24) is 10.7 Å². The lowest BCUT2D eigenvalue weighted by molar-refractivity contribution is -0.139. The number of ether oxygens (including phenoxy) is 1. The topological polar surface area (TPSA) is 79.8 Å². The van der Waals surface area contributed by atoms with Crippen LogP contribution in [0.15, 0.2) is 5.10 Å². The molecule has 6 nitrogen and oxygen atoms in total. The van der Waals surface area contributed by atoms with Gasteiger partial charge in [0.15, 0.2) is 0 Å². The number of carbonyl (C=O) groups is 2. The van der Waals surface area contributed by atoms with Crippen molar-refractivity contribution in [3.8, 4) is 0 Å². The molecule has 0 atom stereocenters.